The van der Waals surface area contributed by atoms with Gasteiger partial charge in [-0.05, 0) is 49.9 Å². The third-order valence-corrected chi connectivity index (χ3v) is 3.51. The molecule has 1 aliphatic rings. The highest BCUT2D eigenvalue weighted by molar-refractivity contribution is 5.80. The van der Waals surface area contributed by atoms with Gasteiger partial charge in [-0.2, -0.15) is 0 Å². The van der Waals surface area contributed by atoms with Gasteiger partial charge in [0.1, 0.15) is 0 Å². The van der Waals surface area contributed by atoms with E-state index in [1.807, 2.05) is 0 Å². The summed E-state index contributed by atoms with van der Waals surface area (Å²) in [5, 5.41) is 6.75. The van der Waals surface area contributed by atoms with Crippen molar-refractivity contribution in [3.05, 3.63) is 29.3 Å². The van der Waals surface area contributed by atoms with E-state index in [9.17, 15) is 0 Å². The molecule has 1 aromatic rings. The molecule has 2 N–H and O–H groups in total. The SMILES string of the molecule is CCNC(=NCc1ccc(N(C)C)cc1C)NC1CC1. The molecular formula is C16H26N4. The fraction of sp³-hybridized carbons (Fsp3) is 0.562. The van der Waals surface area contributed by atoms with Gasteiger partial charge in [0.05, 0.1) is 6.54 Å². The second-order valence-corrected chi connectivity index (χ2v) is 5.62. The molecule has 0 heterocycles. The van der Waals surface area contributed by atoms with Crippen LogP contribution in [0.3, 0.4) is 0 Å². The van der Waals surface area contributed by atoms with Crippen LogP contribution in [0, 0.1) is 6.92 Å². The number of aryl methyl sites for hydroxylation is 1. The number of rotatable bonds is 5. The first-order chi connectivity index (χ1) is 9.60. The number of benzene rings is 1. The van der Waals surface area contributed by atoms with Gasteiger partial charge in [-0.15, -0.1) is 0 Å². The third kappa shape index (κ3) is 4.15. The summed E-state index contributed by atoms with van der Waals surface area (Å²) in [6, 6.07) is 7.17. The molecule has 1 aromatic carbocycles. The first kappa shape index (κ1) is 14.7. The van der Waals surface area contributed by atoms with Crippen molar-refractivity contribution in [1.29, 1.82) is 0 Å². The molecule has 4 heteroatoms. The number of hydrogen-bond acceptors (Lipinski definition) is 2. The fourth-order valence-corrected chi connectivity index (χ4v) is 2.04. The van der Waals surface area contributed by atoms with Gasteiger partial charge in [-0.3, -0.25) is 0 Å². The Morgan fingerprint density at radius 3 is 2.65 bits per heavy atom. The minimum atomic E-state index is 0.630. The molecule has 1 aliphatic carbocycles. The lowest BCUT2D eigenvalue weighted by Gasteiger charge is -2.15. The Morgan fingerprint density at radius 2 is 2.10 bits per heavy atom. The molecule has 0 amide bonds. The number of nitrogens with one attached hydrogen (secondary N) is 2. The van der Waals surface area contributed by atoms with Crippen molar-refractivity contribution in [1.82, 2.24) is 10.6 Å². The molecule has 20 heavy (non-hydrogen) atoms. The molecule has 0 aromatic heterocycles. The molecule has 4 nitrogen and oxygen atoms in total. The standard InChI is InChI=1S/C16H26N4/c1-5-17-16(19-14-7-8-14)18-11-13-6-9-15(20(3)4)10-12(13)2/h6,9-10,14H,5,7-8,11H2,1-4H3,(H2,17,18,19). The normalized spacial score (nSPS) is 15.1. The lowest BCUT2D eigenvalue weighted by Crippen LogP contribution is -2.38. The van der Waals surface area contributed by atoms with Gasteiger partial charge < -0.3 is 15.5 Å². The first-order valence-corrected chi connectivity index (χ1v) is 7.42. The minimum absolute atomic E-state index is 0.630. The average molecular weight is 274 g/mol. The van der Waals surface area contributed by atoms with E-state index in [2.05, 4.69) is 66.7 Å². The molecule has 0 atom stereocenters. The predicted octanol–water partition coefficient (Wildman–Crippen LogP) is 2.28. The smallest absolute Gasteiger partial charge is 0.191 e. The van der Waals surface area contributed by atoms with Crippen LogP contribution in [0.5, 0.6) is 0 Å². The monoisotopic (exact) mass is 274 g/mol. The molecule has 0 bridgehead atoms. The number of guanidine groups is 1. The number of aliphatic imine (C=N–C) groups is 1. The van der Waals surface area contributed by atoms with E-state index in [0.29, 0.717) is 6.04 Å². The molecule has 0 radical (unpaired) electrons. The maximum atomic E-state index is 4.68. The van der Waals surface area contributed by atoms with E-state index in [0.717, 1.165) is 19.0 Å². The van der Waals surface area contributed by atoms with Crippen LogP contribution in [-0.2, 0) is 6.54 Å². The summed E-state index contributed by atoms with van der Waals surface area (Å²) in [6.07, 6.45) is 2.53. The molecule has 0 aliphatic heterocycles. The van der Waals surface area contributed by atoms with E-state index in [1.165, 1.54) is 29.7 Å². The van der Waals surface area contributed by atoms with E-state index < -0.39 is 0 Å². The van der Waals surface area contributed by atoms with E-state index in [4.69, 9.17) is 0 Å². The second-order valence-electron chi connectivity index (χ2n) is 5.62. The van der Waals surface area contributed by atoms with Crippen LogP contribution in [-0.4, -0.2) is 32.6 Å². The molecule has 1 fully saturated rings. The van der Waals surface area contributed by atoms with Crippen LogP contribution in [0.2, 0.25) is 0 Å². The zero-order valence-electron chi connectivity index (χ0n) is 13.0. The van der Waals surface area contributed by atoms with Crippen LogP contribution < -0.4 is 15.5 Å². The Labute approximate surface area is 122 Å². The van der Waals surface area contributed by atoms with E-state index in [1.54, 1.807) is 0 Å². The van der Waals surface area contributed by atoms with Crippen LogP contribution in [0.15, 0.2) is 23.2 Å². The maximum Gasteiger partial charge on any atom is 0.191 e. The van der Waals surface area contributed by atoms with Crippen molar-refractivity contribution in [2.45, 2.75) is 39.3 Å². The first-order valence-electron chi connectivity index (χ1n) is 7.42. The van der Waals surface area contributed by atoms with Crippen molar-refractivity contribution >= 4 is 11.6 Å². The molecule has 0 saturated heterocycles. The van der Waals surface area contributed by atoms with Crippen LogP contribution in [0.4, 0.5) is 5.69 Å². The minimum Gasteiger partial charge on any atom is -0.378 e. The number of hydrogen-bond donors (Lipinski definition) is 2. The zero-order chi connectivity index (χ0) is 14.5. The Balaban J connectivity index is 2.03. The Morgan fingerprint density at radius 1 is 1.35 bits per heavy atom. The summed E-state index contributed by atoms with van der Waals surface area (Å²) in [5.74, 6) is 0.936. The summed E-state index contributed by atoms with van der Waals surface area (Å²) in [4.78, 5) is 6.80. The van der Waals surface area contributed by atoms with Crippen molar-refractivity contribution in [3.8, 4) is 0 Å². The van der Waals surface area contributed by atoms with Crippen molar-refractivity contribution in [2.75, 3.05) is 25.5 Å². The predicted molar refractivity (Wildman–Crippen MR) is 86.5 cm³/mol. The number of nitrogens with zero attached hydrogens (tertiary/aromatic N) is 2. The molecule has 1 saturated carbocycles. The second kappa shape index (κ2) is 6.64. The van der Waals surface area contributed by atoms with Crippen molar-refractivity contribution in [2.24, 2.45) is 4.99 Å². The van der Waals surface area contributed by atoms with E-state index >= 15 is 0 Å². The third-order valence-electron chi connectivity index (χ3n) is 3.51. The summed E-state index contributed by atoms with van der Waals surface area (Å²) < 4.78 is 0. The topological polar surface area (TPSA) is 39.7 Å². The van der Waals surface area contributed by atoms with Gasteiger partial charge in [-0.1, -0.05) is 6.07 Å². The van der Waals surface area contributed by atoms with Gasteiger partial charge in [0.15, 0.2) is 5.96 Å². The summed E-state index contributed by atoms with van der Waals surface area (Å²) in [6.45, 7) is 5.87. The molecule has 2 rings (SSSR count). The molecular weight excluding hydrogens is 248 g/mol. The maximum absolute atomic E-state index is 4.68. The zero-order valence-corrected chi connectivity index (χ0v) is 13.0. The molecule has 110 valence electrons. The summed E-state index contributed by atoms with van der Waals surface area (Å²) in [5.41, 5.74) is 3.81. The fourth-order valence-electron chi connectivity index (χ4n) is 2.04. The Kier molecular flexibility index (Phi) is 4.88. The average Bonchev–Trinajstić information content (AvgIpc) is 3.21. The van der Waals surface area contributed by atoms with Gasteiger partial charge >= 0.3 is 0 Å². The van der Waals surface area contributed by atoms with E-state index in [-0.39, 0.29) is 0 Å². The van der Waals surface area contributed by atoms with Crippen molar-refractivity contribution < 1.29 is 0 Å². The Bertz CT molecular complexity index is 475. The number of anilines is 1. The summed E-state index contributed by atoms with van der Waals surface area (Å²) in [7, 11) is 4.13. The lowest BCUT2D eigenvalue weighted by atomic mass is 10.1. The highest BCUT2D eigenvalue weighted by Crippen LogP contribution is 2.19. The van der Waals surface area contributed by atoms with Crippen LogP contribution in [0.1, 0.15) is 30.9 Å². The Hall–Kier alpha value is -1.71. The van der Waals surface area contributed by atoms with Crippen molar-refractivity contribution in [3.63, 3.8) is 0 Å². The van der Waals surface area contributed by atoms with Gasteiger partial charge in [0.25, 0.3) is 0 Å². The largest absolute Gasteiger partial charge is 0.378 e. The van der Waals surface area contributed by atoms with Gasteiger partial charge in [-0.25, -0.2) is 4.99 Å². The van der Waals surface area contributed by atoms with Crippen LogP contribution >= 0.6 is 0 Å². The van der Waals surface area contributed by atoms with Gasteiger partial charge in [0.2, 0.25) is 0 Å². The lowest BCUT2D eigenvalue weighted by molar-refractivity contribution is 0.811. The van der Waals surface area contributed by atoms with Crippen LogP contribution in [0.25, 0.3) is 0 Å². The highest BCUT2D eigenvalue weighted by Gasteiger charge is 2.22. The highest BCUT2D eigenvalue weighted by atomic mass is 15.2. The van der Waals surface area contributed by atoms with Gasteiger partial charge in [0, 0.05) is 32.4 Å². The summed E-state index contributed by atoms with van der Waals surface area (Å²) >= 11 is 0. The molecule has 0 unspecified atom stereocenters. The molecule has 0 spiro atoms. The quantitative estimate of drug-likeness (QED) is 0.639.